The van der Waals surface area contributed by atoms with Crippen LogP contribution in [0.1, 0.15) is 37.8 Å². The molecule has 4 fully saturated rings. The van der Waals surface area contributed by atoms with Gasteiger partial charge in [-0.2, -0.15) is 0 Å². The van der Waals surface area contributed by atoms with Gasteiger partial charge in [-0.25, -0.2) is 0 Å². The Bertz CT molecular complexity index is 724. The van der Waals surface area contributed by atoms with Crippen LogP contribution in [0.15, 0.2) is 12.3 Å². The molecule has 2 bridgehead atoms. The molecule has 1 aromatic heterocycles. The average molecular weight is 371 g/mol. The molecule has 146 valence electrons. The number of morpholine rings is 1. The van der Waals surface area contributed by atoms with Crippen molar-refractivity contribution in [2.75, 3.05) is 39.4 Å². The molecule has 4 unspecified atom stereocenters. The van der Waals surface area contributed by atoms with E-state index in [9.17, 15) is 4.79 Å². The number of fused-ring (bicyclic) bond motifs is 3. The number of nitrogens with zero attached hydrogens (tertiary/aromatic N) is 5. The Morgan fingerprint density at radius 2 is 2.15 bits per heavy atom. The first-order valence-electron chi connectivity index (χ1n) is 10.5. The third kappa shape index (κ3) is 3.43. The van der Waals surface area contributed by atoms with Gasteiger partial charge in [0.1, 0.15) is 5.69 Å². The molecule has 5 heterocycles. The zero-order valence-electron chi connectivity index (χ0n) is 15.9. The number of allylic oxidation sites excluding steroid dienone is 2. The maximum Gasteiger partial charge on any atom is 0.227 e. The average Bonchev–Trinajstić information content (AvgIpc) is 3.40. The summed E-state index contributed by atoms with van der Waals surface area (Å²) >= 11 is 0. The lowest BCUT2D eigenvalue weighted by molar-refractivity contribution is -0.148. The van der Waals surface area contributed by atoms with E-state index < -0.39 is 0 Å². The van der Waals surface area contributed by atoms with E-state index in [1.54, 1.807) is 0 Å². The minimum absolute atomic E-state index is 0.169. The quantitative estimate of drug-likeness (QED) is 0.801. The van der Waals surface area contributed by atoms with E-state index in [-0.39, 0.29) is 5.92 Å². The number of carbonyl (C=O) groups excluding carboxylic acids is 1. The van der Waals surface area contributed by atoms with E-state index in [1.807, 2.05) is 9.58 Å². The number of rotatable bonds is 4. The molecule has 0 spiro atoms. The molecule has 4 aliphatic heterocycles. The highest BCUT2D eigenvalue weighted by molar-refractivity contribution is 5.79. The summed E-state index contributed by atoms with van der Waals surface area (Å²) in [5, 5.41) is 8.76. The second-order valence-electron chi connectivity index (χ2n) is 8.42. The molecule has 0 N–H and O–H groups in total. The molecular formula is C20H29N5O2. The van der Waals surface area contributed by atoms with Crippen LogP contribution >= 0.6 is 0 Å². The van der Waals surface area contributed by atoms with E-state index in [0.717, 1.165) is 57.7 Å². The van der Waals surface area contributed by atoms with Crippen LogP contribution < -0.4 is 0 Å². The fourth-order valence-corrected chi connectivity index (χ4v) is 5.28. The van der Waals surface area contributed by atoms with Gasteiger partial charge in [0.15, 0.2) is 0 Å². The smallest absolute Gasteiger partial charge is 0.227 e. The first-order valence-corrected chi connectivity index (χ1v) is 10.5. The molecule has 7 heteroatoms. The van der Waals surface area contributed by atoms with Crippen LogP contribution in [0.4, 0.5) is 0 Å². The summed E-state index contributed by atoms with van der Waals surface area (Å²) in [5.41, 5.74) is 2.40. The van der Waals surface area contributed by atoms with Crippen LogP contribution in [-0.2, 0) is 16.1 Å². The number of aromatic nitrogens is 3. The van der Waals surface area contributed by atoms with Crippen molar-refractivity contribution in [3.63, 3.8) is 0 Å². The highest BCUT2D eigenvalue weighted by Crippen LogP contribution is 2.38. The number of amides is 1. The summed E-state index contributed by atoms with van der Waals surface area (Å²) in [6.45, 7) is 5.76. The third-order valence-electron chi connectivity index (χ3n) is 6.82. The van der Waals surface area contributed by atoms with Crippen LogP contribution in [0.2, 0.25) is 0 Å². The highest BCUT2D eigenvalue weighted by Gasteiger charge is 2.44. The molecular weight excluding hydrogens is 342 g/mol. The molecule has 4 atom stereocenters. The molecule has 6 rings (SSSR count). The van der Waals surface area contributed by atoms with Gasteiger partial charge in [0.25, 0.3) is 0 Å². The third-order valence-corrected chi connectivity index (χ3v) is 6.82. The van der Waals surface area contributed by atoms with Gasteiger partial charge < -0.3 is 9.64 Å². The Morgan fingerprint density at radius 3 is 2.89 bits per heavy atom. The second kappa shape index (κ2) is 7.36. The van der Waals surface area contributed by atoms with Crippen molar-refractivity contribution in [1.29, 1.82) is 0 Å². The van der Waals surface area contributed by atoms with Crippen molar-refractivity contribution < 1.29 is 9.53 Å². The Labute approximate surface area is 160 Å². The maximum absolute atomic E-state index is 13.0. The summed E-state index contributed by atoms with van der Waals surface area (Å²) < 4.78 is 7.41. The van der Waals surface area contributed by atoms with E-state index in [4.69, 9.17) is 4.74 Å². The van der Waals surface area contributed by atoms with Gasteiger partial charge in [-0.15, -0.1) is 5.10 Å². The van der Waals surface area contributed by atoms with Gasteiger partial charge in [-0.1, -0.05) is 11.3 Å². The summed E-state index contributed by atoms with van der Waals surface area (Å²) in [6, 6.07) is 0.476. The fourth-order valence-electron chi connectivity index (χ4n) is 5.28. The van der Waals surface area contributed by atoms with E-state index in [0.29, 0.717) is 31.1 Å². The first-order chi connectivity index (χ1) is 13.3. The molecule has 1 aliphatic carbocycles. The van der Waals surface area contributed by atoms with Crippen molar-refractivity contribution in [3.05, 3.63) is 18.0 Å². The Balaban J connectivity index is 1.22. The monoisotopic (exact) mass is 371 g/mol. The van der Waals surface area contributed by atoms with Crippen molar-refractivity contribution in [3.8, 4) is 0 Å². The van der Waals surface area contributed by atoms with Gasteiger partial charge in [-0.3, -0.25) is 14.4 Å². The van der Waals surface area contributed by atoms with Crippen molar-refractivity contribution in [1.82, 2.24) is 24.8 Å². The molecule has 1 amide bonds. The predicted molar refractivity (Wildman–Crippen MR) is 101 cm³/mol. The largest absolute Gasteiger partial charge is 0.378 e. The maximum atomic E-state index is 13.0. The topological polar surface area (TPSA) is 63.5 Å². The number of carbonyl (C=O) groups is 1. The van der Waals surface area contributed by atoms with Gasteiger partial charge in [-0.05, 0) is 50.1 Å². The van der Waals surface area contributed by atoms with Gasteiger partial charge in [0.2, 0.25) is 5.91 Å². The van der Waals surface area contributed by atoms with Crippen molar-refractivity contribution in [2.24, 2.45) is 11.8 Å². The number of piperidine rings is 3. The van der Waals surface area contributed by atoms with E-state index in [2.05, 4.69) is 27.5 Å². The highest BCUT2D eigenvalue weighted by atomic mass is 16.5. The van der Waals surface area contributed by atoms with Crippen LogP contribution in [0.3, 0.4) is 0 Å². The number of ether oxygens (including phenoxy) is 1. The molecule has 4 saturated heterocycles. The minimum Gasteiger partial charge on any atom is -0.378 e. The molecule has 5 aliphatic rings. The van der Waals surface area contributed by atoms with Gasteiger partial charge in [0.05, 0.1) is 31.9 Å². The zero-order chi connectivity index (χ0) is 18.2. The number of hydrogen-bond acceptors (Lipinski definition) is 5. The van der Waals surface area contributed by atoms with Crippen LogP contribution in [0.5, 0.6) is 0 Å². The summed E-state index contributed by atoms with van der Waals surface area (Å²) in [7, 11) is 0. The lowest BCUT2D eigenvalue weighted by Crippen LogP contribution is -2.59. The van der Waals surface area contributed by atoms with Gasteiger partial charge >= 0.3 is 0 Å². The standard InChI is InChI=1S/C20H29N5O2/c26-20(23-7-9-27-10-8-23)18-13-24-6-5-16(18)11-17(24)12-25-14-19(21-22-25)15-3-1-2-4-15/h3,14,16-18H,1-2,4-13H2. The normalized spacial score (nSPS) is 33.3. The molecule has 1 aromatic rings. The molecule has 0 radical (unpaired) electrons. The number of hydrogen-bond donors (Lipinski definition) is 0. The molecule has 0 aromatic carbocycles. The minimum atomic E-state index is 0.169. The van der Waals surface area contributed by atoms with Crippen LogP contribution in [0, 0.1) is 11.8 Å². The first kappa shape index (κ1) is 17.4. The summed E-state index contributed by atoms with van der Waals surface area (Å²) in [6.07, 6.45) is 10.2. The van der Waals surface area contributed by atoms with Crippen molar-refractivity contribution >= 4 is 11.5 Å². The Hall–Kier alpha value is -1.73. The van der Waals surface area contributed by atoms with Crippen LogP contribution in [0.25, 0.3) is 5.57 Å². The predicted octanol–water partition coefficient (Wildman–Crippen LogP) is 1.41. The van der Waals surface area contributed by atoms with E-state index in [1.165, 1.54) is 18.4 Å². The lowest BCUT2D eigenvalue weighted by atomic mass is 9.75. The molecule has 7 nitrogen and oxygen atoms in total. The zero-order valence-corrected chi connectivity index (χ0v) is 15.9. The van der Waals surface area contributed by atoms with Crippen LogP contribution in [-0.4, -0.2) is 76.1 Å². The van der Waals surface area contributed by atoms with Crippen molar-refractivity contribution in [2.45, 2.75) is 44.7 Å². The fraction of sp³-hybridized carbons (Fsp3) is 0.750. The Kier molecular flexibility index (Phi) is 4.73. The summed E-state index contributed by atoms with van der Waals surface area (Å²) in [4.78, 5) is 17.5. The summed E-state index contributed by atoms with van der Waals surface area (Å²) in [5.74, 6) is 1.03. The SMILES string of the molecule is O=C(C1CN2CCC1CC2Cn1cc(C2=CCCC2)nn1)N1CCOCC1. The second-order valence-corrected chi connectivity index (χ2v) is 8.42. The Morgan fingerprint density at radius 1 is 1.26 bits per heavy atom. The molecule has 0 saturated carbocycles. The lowest BCUT2D eigenvalue weighted by Gasteiger charge is -2.50. The van der Waals surface area contributed by atoms with Gasteiger partial charge in [0, 0.05) is 25.7 Å². The van der Waals surface area contributed by atoms with E-state index >= 15 is 0 Å². The molecule has 27 heavy (non-hydrogen) atoms.